The fourth-order valence-corrected chi connectivity index (χ4v) is 1.64. The van der Waals surface area contributed by atoms with Crippen molar-refractivity contribution in [2.45, 2.75) is 13.1 Å². The van der Waals surface area contributed by atoms with Gasteiger partial charge in [0.05, 0.1) is 22.5 Å². The molecule has 0 saturated heterocycles. The Hall–Kier alpha value is -2.31. The molecule has 2 rings (SSSR count). The SMILES string of the molecule is Cc1ccn(-c2cc(C(=O)O)ccc2C(F)(F)F)n1. The predicted molar refractivity (Wildman–Crippen MR) is 60.3 cm³/mol. The van der Waals surface area contributed by atoms with E-state index in [0.717, 1.165) is 22.9 Å². The summed E-state index contributed by atoms with van der Waals surface area (Å²) < 4.78 is 39.7. The first-order valence-corrected chi connectivity index (χ1v) is 5.26. The molecule has 0 aliphatic rings. The monoisotopic (exact) mass is 270 g/mol. The molecule has 0 unspecified atom stereocenters. The van der Waals surface area contributed by atoms with Gasteiger partial charge in [0.25, 0.3) is 0 Å². The van der Waals surface area contributed by atoms with Crippen LogP contribution < -0.4 is 0 Å². The number of benzene rings is 1. The highest BCUT2D eigenvalue weighted by Gasteiger charge is 2.34. The average Bonchev–Trinajstić information content (AvgIpc) is 2.73. The fraction of sp³-hybridized carbons (Fsp3) is 0.167. The quantitative estimate of drug-likeness (QED) is 0.912. The Morgan fingerprint density at radius 2 is 2.00 bits per heavy atom. The van der Waals surface area contributed by atoms with Crippen molar-refractivity contribution in [3.05, 3.63) is 47.3 Å². The van der Waals surface area contributed by atoms with Crippen molar-refractivity contribution in [2.24, 2.45) is 0 Å². The number of hydrogen-bond donors (Lipinski definition) is 1. The van der Waals surface area contributed by atoms with Crippen molar-refractivity contribution in [1.82, 2.24) is 9.78 Å². The molecular formula is C12H9F3N2O2. The molecule has 1 N–H and O–H groups in total. The van der Waals surface area contributed by atoms with Gasteiger partial charge in [-0.3, -0.25) is 0 Å². The Kier molecular flexibility index (Phi) is 3.05. The van der Waals surface area contributed by atoms with Gasteiger partial charge in [0.15, 0.2) is 0 Å². The van der Waals surface area contributed by atoms with Crippen molar-refractivity contribution in [3.63, 3.8) is 0 Å². The minimum atomic E-state index is -4.58. The summed E-state index contributed by atoms with van der Waals surface area (Å²) in [6.45, 7) is 1.63. The van der Waals surface area contributed by atoms with E-state index in [4.69, 9.17) is 5.11 Å². The number of rotatable bonds is 2. The second-order valence-corrected chi connectivity index (χ2v) is 3.94. The highest BCUT2D eigenvalue weighted by Crippen LogP contribution is 2.34. The summed E-state index contributed by atoms with van der Waals surface area (Å²) in [5, 5.41) is 12.7. The maximum atomic E-state index is 12.9. The first-order valence-electron chi connectivity index (χ1n) is 5.26. The van der Waals surface area contributed by atoms with Crippen molar-refractivity contribution in [2.75, 3.05) is 0 Å². The molecular weight excluding hydrogens is 261 g/mol. The van der Waals surface area contributed by atoms with E-state index in [-0.39, 0.29) is 11.3 Å². The van der Waals surface area contributed by atoms with Gasteiger partial charge in [-0.25, -0.2) is 9.48 Å². The van der Waals surface area contributed by atoms with E-state index < -0.39 is 17.7 Å². The number of nitrogens with zero attached hydrogens (tertiary/aromatic N) is 2. The molecule has 1 aromatic carbocycles. The number of carboxylic acids is 1. The molecule has 100 valence electrons. The number of halogens is 3. The molecule has 2 aromatic rings. The lowest BCUT2D eigenvalue weighted by atomic mass is 10.1. The number of aromatic nitrogens is 2. The van der Waals surface area contributed by atoms with E-state index in [0.29, 0.717) is 5.69 Å². The number of aromatic carboxylic acids is 1. The van der Waals surface area contributed by atoms with Crippen molar-refractivity contribution in [1.29, 1.82) is 0 Å². The molecule has 1 heterocycles. The number of aryl methyl sites for hydroxylation is 1. The van der Waals surface area contributed by atoms with Gasteiger partial charge in [-0.1, -0.05) is 0 Å². The van der Waals surface area contributed by atoms with Crippen molar-refractivity contribution in [3.8, 4) is 5.69 Å². The van der Waals surface area contributed by atoms with Gasteiger partial charge in [0, 0.05) is 6.20 Å². The summed E-state index contributed by atoms with van der Waals surface area (Å²) in [7, 11) is 0. The van der Waals surface area contributed by atoms with Gasteiger partial charge in [0.2, 0.25) is 0 Å². The van der Waals surface area contributed by atoms with Crippen LogP contribution in [0, 0.1) is 6.92 Å². The third-order valence-electron chi connectivity index (χ3n) is 2.52. The Labute approximate surface area is 106 Å². The maximum absolute atomic E-state index is 12.9. The van der Waals surface area contributed by atoms with Crippen LogP contribution in [-0.2, 0) is 6.18 Å². The summed E-state index contributed by atoms with van der Waals surface area (Å²) >= 11 is 0. The van der Waals surface area contributed by atoms with Gasteiger partial charge >= 0.3 is 12.1 Å². The van der Waals surface area contributed by atoms with Gasteiger partial charge in [-0.2, -0.15) is 18.3 Å². The summed E-state index contributed by atoms with van der Waals surface area (Å²) in [6, 6.07) is 4.16. The number of carbonyl (C=O) groups is 1. The standard InChI is InChI=1S/C12H9F3N2O2/c1-7-4-5-17(16-7)10-6-8(11(18)19)2-3-9(10)12(13,14)15/h2-6H,1H3,(H,18,19). The Bertz CT molecular complexity index is 632. The van der Waals surface area contributed by atoms with Crippen molar-refractivity contribution >= 4 is 5.97 Å². The van der Waals surface area contributed by atoms with E-state index in [1.54, 1.807) is 6.92 Å². The van der Waals surface area contributed by atoms with Crippen LogP contribution in [0.3, 0.4) is 0 Å². The van der Waals surface area contributed by atoms with E-state index in [1.165, 1.54) is 12.3 Å². The van der Waals surface area contributed by atoms with Crippen LogP contribution in [0.25, 0.3) is 5.69 Å². The highest BCUT2D eigenvalue weighted by molar-refractivity contribution is 5.88. The van der Waals surface area contributed by atoms with Gasteiger partial charge in [0.1, 0.15) is 0 Å². The highest BCUT2D eigenvalue weighted by atomic mass is 19.4. The zero-order valence-corrected chi connectivity index (χ0v) is 9.77. The molecule has 0 spiro atoms. The Morgan fingerprint density at radius 1 is 1.32 bits per heavy atom. The molecule has 0 saturated carbocycles. The molecule has 0 bridgehead atoms. The van der Waals surface area contributed by atoms with Crippen LogP contribution in [0.5, 0.6) is 0 Å². The van der Waals surface area contributed by atoms with Crippen LogP contribution in [0.4, 0.5) is 13.2 Å². The number of carboxylic acid groups (broad SMARTS) is 1. The van der Waals surface area contributed by atoms with Crippen molar-refractivity contribution < 1.29 is 23.1 Å². The van der Waals surface area contributed by atoms with Crippen LogP contribution in [0.1, 0.15) is 21.6 Å². The first kappa shape index (κ1) is 13.1. The molecule has 0 aliphatic heterocycles. The zero-order chi connectivity index (χ0) is 14.2. The number of alkyl halides is 3. The second kappa shape index (κ2) is 4.42. The Balaban J connectivity index is 2.66. The van der Waals surface area contributed by atoms with Crippen LogP contribution in [-0.4, -0.2) is 20.9 Å². The molecule has 0 atom stereocenters. The zero-order valence-electron chi connectivity index (χ0n) is 9.77. The first-order chi connectivity index (χ1) is 8.79. The van der Waals surface area contributed by atoms with Crippen LogP contribution >= 0.6 is 0 Å². The summed E-state index contributed by atoms with van der Waals surface area (Å²) in [5.74, 6) is -1.29. The second-order valence-electron chi connectivity index (χ2n) is 3.94. The van der Waals surface area contributed by atoms with Gasteiger partial charge < -0.3 is 5.11 Å². The maximum Gasteiger partial charge on any atom is 0.418 e. The topological polar surface area (TPSA) is 55.1 Å². The lowest BCUT2D eigenvalue weighted by Gasteiger charge is -2.13. The third-order valence-corrected chi connectivity index (χ3v) is 2.52. The molecule has 19 heavy (non-hydrogen) atoms. The lowest BCUT2D eigenvalue weighted by Crippen LogP contribution is -2.12. The molecule has 7 heteroatoms. The number of hydrogen-bond acceptors (Lipinski definition) is 2. The van der Waals surface area contributed by atoms with Gasteiger partial charge in [-0.05, 0) is 31.2 Å². The minimum Gasteiger partial charge on any atom is -0.478 e. The van der Waals surface area contributed by atoms with E-state index >= 15 is 0 Å². The normalized spacial score (nSPS) is 11.6. The molecule has 0 fully saturated rings. The van der Waals surface area contributed by atoms with Crippen LogP contribution in [0.15, 0.2) is 30.5 Å². The molecule has 0 amide bonds. The molecule has 0 aliphatic carbocycles. The third kappa shape index (κ3) is 2.59. The van der Waals surface area contributed by atoms with E-state index in [2.05, 4.69) is 5.10 Å². The fourth-order valence-electron chi connectivity index (χ4n) is 1.64. The smallest absolute Gasteiger partial charge is 0.418 e. The predicted octanol–water partition coefficient (Wildman–Crippen LogP) is 2.90. The van der Waals surface area contributed by atoms with E-state index in [9.17, 15) is 18.0 Å². The minimum absolute atomic E-state index is 0.226. The van der Waals surface area contributed by atoms with Crippen LogP contribution in [0.2, 0.25) is 0 Å². The van der Waals surface area contributed by atoms with Gasteiger partial charge in [-0.15, -0.1) is 0 Å². The van der Waals surface area contributed by atoms with E-state index in [1.807, 2.05) is 0 Å². The molecule has 4 nitrogen and oxygen atoms in total. The Morgan fingerprint density at radius 3 is 2.47 bits per heavy atom. The summed E-state index contributed by atoms with van der Waals surface area (Å²) in [4.78, 5) is 10.8. The summed E-state index contributed by atoms with van der Waals surface area (Å²) in [5.41, 5.74) is -0.925. The largest absolute Gasteiger partial charge is 0.478 e. The average molecular weight is 270 g/mol. The molecule has 0 radical (unpaired) electrons. The molecule has 1 aromatic heterocycles. The lowest BCUT2D eigenvalue weighted by molar-refractivity contribution is -0.137. The summed E-state index contributed by atoms with van der Waals surface area (Å²) in [6.07, 6.45) is -3.22.